The molecule has 0 aromatic heterocycles. The Labute approximate surface area is 96.9 Å². The molecular weight excluding hydrogens is 222 g/mol. The molecule has 0 saturated carbocycles. The Morgan fingerprint density at radius 2 is 1.45 bits per heavy atom. The molecule has 0 atom stereocenters. The molecule has 0 saturated heterocycles. The van der Waals surface area contributed by atoms with Gasteiger partial charge in [0.05, 0.1) is 0 Å². The molecule has 4 N–H and O–H groups in total. The Morgan fingerprint density at radius 3 is 1.45 bits per heavy atom. The van der Waals surface area contributed by atoms with Crippen LogP contribution in [0.15, 0.2) is 0 Å². The van der Waals surface area contributed by atoms with Crippen molar-refractivity contribution in [1.82, 2.24) is 0 Å². The summed E-state index contributed by atoms with van der Waals surface area (Å²) in [7, 11) is -10.1. The monoisotopic (exact) mass is 230 g/mol. The van der Waals surface area contributed by atoms with E-state index in [1.807, 2.05) is 0 Å². The summed E-state index contributed by atoms with van der Waals surface area (Å²) in [5.74, 6) is 0. The number of rotatable bonds is 2. The van der Waals surface area contributed by atoms with E-state index in [1.165, 1.54) is 0 Å². The molecule has 0 bridgehead atoms. The molecule has 7 nitrogen and oxygen atoms in total. The summed E-state index contributed by atoms with van der Waals surface area (Å²) < 4.78 is 29.7. The SMILES string of the molecule is O=S(=O)(O)O[Si](O)(O)O.[AlH3].[NaH]. The standard InChI is InChI=1S/Al.Na.H4O7SSi.4H/c;;1-8(2,3)7-9(4,5)6;;;;/h;;4-6H,(H,1,2,3);;;;. The first-order chi connectivity index (χ1) is 3.71. The predicted molar refractivity (Wildman–Crippen MR) is 42.1 cm³/mol. The van der Waals surface area contributed by atoms with E-state index in [0.717, 1.165) is 0 Å². The van der Waals surface area contributed by atoms with Crippen molar-refractivity contribution in [1.29, 1.82) is 0 Å². The summed E-state index contributed by atoms with van der Waals surface area (Å²) in [4.78, 5) is 23.5. The summed E-state index contributed by atoms with van der Waals surface area (Å²) in [5.41, 5.74) is 0. The van der Waals surface area contributed by atoms with Gasteiger partial charge in [-0.25, -0.2) is 3.87 Å². The van der Waals surface area contributed by atoms with E-state index in [-0.39, 0.29) is 46.9 Å². The Morgan fingerprint density at radius 1 is 1.18 bits per heavy atom. The maximum absolute atomic E-state index is 9.53. The van der Waals surface area contributed by atoms with Gasteiger partial charge in [-0.2, -0.15) is 8.42 Å². The molecule has 0 fully saturated rings. The Kier molecular flexibility index (Phi) is 10.0. The van der Waals surface area contributed by atoms with Crippen molar-refractivity contribution >= 4 is 66.4 Å². The van der Waals surface area contributed by atoms with Gasteiger partial charge in [0, 0.05) is 0 Å². The molecule has 0 amide bonds. The predicted octanol–water partition coefficient (Wildman–Crippen LogP) is -4.61. The second kappa shape index (κ2) is 6.03. The topological polar surface area (TPSA) is 124 Å². The van der Waals surface area contributed by atoms with Gasteiger partial charge >= 0.3 is 49.0 Å². The first kappa shape index (κ1) is 18.3. The van der Waals surface area contributed by atoms with Crippen molar-refractivity contribution < 1.29 is 31.2 Å². The van der Waals surface area contributed by atoms with Crippen LogP contribution in [-0.2, 0) is 14.3 Å². The van der Waals surface area contributed by atoms with Crippen molar-refractivity contribution in [2.45, 2.75) is 0 Å². The van der Waals surface area contributed by atoms with E-state index in [2.05, 4.69) is 3.87 Å². The minimum atomic E-state index is -5.13. The van der Waals surface area contributed by atoms with Crippen molar-refractivity contribution in [3.63, 3.8) is 0 Å². The van der Waals surface area contributed by atoms with Crippen LogP contribution in [0.5, 0.6) is 0 Å². The van der Waals surface area contributed by atoms with Crippen LogP contribution in [0.2, 0.25) is 0 Å². The fraction of sp³-hybridized carbons (Fsp3) is 0. The molecule has 0 heterocycles. The normalized spacial score (nSPS) is 11.3. The molecule has 0 aliphatic heterocycles. The van der Waals surface area contributed by atoms with Crippen molar-refractivity contribution in [2.24, 2.45) is 0 Å². The van der Waals surface area contributed by atoms with Gasteiger partial charge in [0.15, 0.2) is 17.4 Å². The molecule has 0 spiro atoms. The van der Waals surface area contributed by atoms with Crippen molar-refractivity contribution in [3.05, 3.63) is 0 Å². The van der Waals surface area contributed by atoms with Crippen molar-refractivity contribution in [3.8, 4) is 0 Å². The van der Waals surface area contributed by atoms with Gasteiger partial charge in [-0.3, -0.25) is 4.55 Å². The van der Waals surface area contributed by atoms with E-state index in [9.17, 15) is 8.42 Å². The van der Waals surface area contributed by atoms with E-state index < -0.39 is 19.4 Å². The van der Waals surface area contributed by atoms with Gasteiger partial charge in [0.25, 0.3) is 0 Å². The van der Waals surface area contributed by atoms with E-state index in [4.69, 9.17) is 18.9 Å². The molecule has 0 radical (unpaired) electrons. The van der Waals surface area contributed by atoms with Crippen LogP contribution in [0.25, 0.3) is 0 Å². The van der Waals surface area contributed by atoms with Crippen molar-refractivity contribution in [2.75, 3.05) is 0 Å². The zero-order valence-corrected chi connectivity index (χ0v) is 5.74. The Bertz CT molecular complexity index is 179. The van der Waals surface area contributed by atoms with Gasteiger partial charge in [0.1, 0.15) is 0 Å². The van der Waals surface area contributed by atoms with Crippen LogP contribution in [0, 0.1) is 0 Å². The number of hydrogen-bond acceptors (Lipinski definition) is 6. The summed E-state index contributed by atoms with van der Waals surface area (Å²) >= 11 is 0. The van der Waals surface area contributed by atoms with Gasteiger partial charge in [-0.1, -0.05) is 0 Å². The minimum absolute atomic E-state index is 0. The average molecular weight is 230 g/mol. The molecule has 0 rings (SSSR count). The first-order valence-electron chi connectivity index (χ1n) is 1.56. The van der Waals surface area contributed by atoms with Gasteiger partial charge < -0.3 is 14.4 Å². The van der Waals surface area contributed by atoms with Gasteiger partial charge in [0.2, 0.25) is 0 Å². The molecule has 64 valence electrons. The van der Waals surface area contributed by atoms with Crippen LogP contribution in [0.1, 0.15) is 0 Å². The summed E-state index contributed by atoms with van der Waals surface area (Å²) in [5, 5.41) is 0. The second-order valence-corrected chi connectivity index (χ2v) is 3.75. The molecule has 0 unspecified atom stereocenters. The molecule has 0 aliphatic carbocycles. The third-order valence-electron chi connectivity index (χ3n) is 0.217. The Balaban J connectivity index is -0.000000320. The molecular formula is H8AlNaO7SSi. The summed E-state index contributed by atoms with van der Waals surface area (Å²) in [6, 6.07) is 0. The third kappa shape index (κ3) is 18.5. The zero-order chi connectivity index (χ0) is 7.71. The van der Waals surface area contributed by atoms with Crippen LogP contribution in [0.4, 0.5) is 0 Å². The fourth-order valence-electron chi connectivity index (χ4n) is 0.141. The second-order valence-electron chi connectivity index (χ2n) is 1.08. The molecule has 11 heavy (non-hydrogen) atoms. The molecule has 0 aromatic rings. The average Bonchev–Trinajstić information content (AvgIpc) is 1.14. The molecule has 0 aromatic carbocycles. The van der Waals surface area contributed by atoms with Crippen LogP contribution in [0.3, 0.4) is 0 Å². The molecule has 11 heteroatoms. The van der Waals surface area contributed by atoms with Gasteiger partial charge in [-0.05, 0) is 0 Å². The van der Waals surface area contributed by atoms with Crippen LogP contribution in [-0.4, -0.2) is 83.3 Å². The zero-order valence-electron chi connectivity index (χ0n) is 3.92. The van der Waals surface area contributed by atoms with Crippen LogP contribution < -0.4 is 0 Å². The van der Waals surface area contributed by atoms with E-state index >= 15 is 0 Å². The quantitative estimate of drug-likeness (QED) is 0.278. The first-order valence-corrected chi connectivity index (χ1v) is 4.67. The van der Waals surface area contributed by atoms with Gasteiger partial charge in [-0.15, -0.1) is 0 Å². The fourth-order valence-corrected chi connectivity index (χ4v) is 1.27. The molecule has 0 aliphatic rings. The Hall–Kier alpha value is 1.50. The maximum atomic E-state index is 9.53. The van der Waals surface area contributed by atoms with E-state index in [0.29, 0.717) is 0 Å². The third-order valence-corrected chi connectivity index (χ3v) is 1.95. The summed E-state index contributed by atoms with van der Waals surface area (Å²) in [6.07, 6.45) is 0. The summed E-state index contributed by atoms with van der Waals surface area (Å²) in [6.45, 7) is 0. The van der Waals surface area contributed by atoms with Crippen LogP contribution >= 0.6 is 0 Å². The van der Waals surface area contributed by atoms with E-state index in [1.54, 1.807) is 0 Å². The number of hydrogen-bond donors (Lipinski definition) is 4.